The fourth-order valence-corrected chi connectivity index (χ4v) is 2.73. The third kappa shape index (κ3) is 2.93. The number of hydrogen-bond acceptors (Lipinski definition) is 4. The summed E-state index contributed by atoms with van der Waals surface area (Å²) in [6, 6.07) is 5.20. The van der Waals surface area contributed by atoms with Crippen molar-refractivity contribution in [1.82, 2.24) is 0 Å². The third-order valence-corrected chi connectivity index (χ3v) is 3.58. The molecule has 0 atom stereocenters. The molecular weight excluding hydrogens is 248 g/mol. The summed E-state index contributed by atoms with van der Waals surface area (Å²) in [5, 5.41) is 0. The molecule has 0 fully saturated rings. The standard InChI is InChI=1S/C14H16O3S/c1-14(2,3)17-13(16)9-4-5-12-10(8-9)11(15)6-7-18-12/h4-5,8H,6-7H2,1-3H3. The molecule has 0 saturated heterocycles. The Morgan fingerprint density at radius 2 is 2.06 bits per heavy atom. The van der Waals surface area contributed by atoms with Crippen LogP contribution in [0.3, 0.4) is 0 Å². The molecule has 3 nitrogen and oxygen atoms in total. The maximum absolute atomic E-state index is 11.9. The van der Waals surface area contributed by atoms with Crippen molar-refractivity contribution in [3.8, 4) is 0 Å². The Hall–Kier alpha value is -1.29. The minimum atomic E-state index is -0.522. The first-order valence-corrected chi connectivity index (χ1v) is 6.89. The predicted octanol–water partition coefficient (Wildman–Crippen LogP) is 3.32. The van der Waals surface area contributed by atoms with Gasteiger partial charge in [-0.2, -0.15) is 0 Å². The van der Waals surface area contributed by atoms with Gasteiger partial charge in [-0.15, -0.1) is 11.8 Å². The second-order valence-corrected chi connectivity index (χ2v) is 6.37. The van der Waals surface area contributed by atoms with Gasteiger partial charge in [-0.05, 0) is 39.0 Å². The number of benzene rings is 1. The van der Waals surface area contributed by atoms with Crippen molar-refractivity contribution in [2.24, 2.45) is 0 Å². The lowest BCUT2D eigenvalue weighted by Gasteiger charge is -2.20. The van der Waals surface area contributed by atoms with E-state index in [0.717, 1.165) is 10.6 Å². The van der Waals surface area contributed by atoms with Crippen molar-refractivity contribution >= 4 is 23.5 Å². The number of fused-ring (bicyclic) bond motifs is 1. The Kier molecular flexibility index (Phi) is 3.48. The first-order valence-electron chi connectivity index (χ1n) is 5.90. The van der Waals surface area contributed by atoms with Crippen molar-refractivity contribution in [2.45, 2.75) is 37.7 Å². The van der Waals surface area contributed by atoms with Gasteiger partial charge >= 0.3 is 5.97 Å². The quantitative estimate of drug-likeness (QED) is 0.730. The van der Waals surface area contributed by atoms with Gasteiger partial charge in [-0.1, -0.05) is 0 Å². The first kappa shape index (κ1) is 13.1. The monoisotopic (exact) mass is 264 g/mol. The summed E-state index contributed by atoms with van der Waals surface area (Å²) in [7, 11) is 0. The molecule has 1 aromatic rings. The number of esters is 1. The Morgan fingerprint density at radius 1 is 1.33 bits per heavy atom. The summed E-state index contributed by atoms with van der Waals surface area (Å²) in [4.78, 5) is 24.6. The van der Waals surface area contributed by atoms with E-state index in [2.05, 4.69) is 0 Å². The number of Topliss-reactive ketones (excluding diaryl/α,β-unsaturated/α-hetero) is 1. The van der Waals surface area contributed by atoms with E-state index in [0.29, 0.717) is 17.5 Å². The van der Waals surface area contributed by atoms with Crippen LogP contribution >= 0.6 is 11.8 Å². The molecule has 0 spiro atoms. The zero-order valence-corrected chi connectivity index (χ0v) is 11.6. The summed E-state index contributed by atoms with van der Waals surface area (Å²) in [5.74, 6) is 0.542. The van der Waals surface area contributed by atoms with Crippen LogP contribution in [0.25, 0.3) is 0 Å². The van der Waals surface area contributed by atoms with E-state index >= 15 is 0 Å². The van der Waals surface area contributed by atoms with Gasteiger partial charge in [0, 0.05) is 22.6 Å². The lowest BCUT2D eigenvalue weighted by Crippen LogP contribution is -2.24. The molecule has 0 bridgehead atoms. The molecule has 0 saturated carbocycles. The molecule has 1 aromatic carbocycles. The number of ether oxygens (including phenoxy) is 1. The molecule has 0 aliphatic carbocycles. The maximum Gasteiger partial charge on any atom is 0.338 e. The Labute approximate surface area is 111 Å². The summed E-state index contributed by atoms with van der Waals surface area (Å²) in [6.45, 7) is 5.47. The van der Waals surface area contributed by atoms with Gasteiger partial charge < -0.3 is 4.74 Å². The number of carbonyl (C=O) groups excluding carboxylic acids is 2. The lowest BCUT2D eigenvalue weighted by atomic mass is 10.0. The SMILES string of the molecule is CC(C)(C)OC(=O)c1ccc2c(c1)C(=O)CCS2. The van der Waals surface area contributed by atoms with Gasteiger partial charge in [-0.3, -0.25) is 4.79 Å². The van der Waals surface area contributed by atoms with E-state index in [4.69, 9.17) is 4.74 Å². The van der Waals surface area contributed by atoms with Crippen LogP contribution in [0.4, 0.5) is 0 Å². The molecule has 0 N–H and O–H groups in total. The van der Waals surface area contributed by atoms with Crippen LogP contribution in [-0.2, 0) is 4.74 Å². The molecule has 1 aliphatic rings. The van der Waals surface area contributed by atoms with Crippen molar-refractivity contribution < 1.29 is 14.3 Å². The average molecular weight is 264 g/mol. The van der Waals surface area contributed by atoms with Crippen molar-refractivity contribution in [1.29, 1.82) is 0 Å². The molecule has 96 valence electrons. The average Bonchev–Trinajstić information content (AvgIpc) is 2.27. The van der Waals surface area contributed by atoms with Crippen molar-refractivity contribution in [3.63, 3.8) is 0 Å². The molecule has 0 aromatic heterocycles. The third-order valence-electron chi connectivity index (χ3n) is 2.50. The molecule has 1 heterocycles. The number of carbonyl (C=O) groups is 2. The van der Waals surface area contributed by atoms with Crippen LogP contribution in [-0.4, -0.2) is 23.1 Å². The second kappa shape index (κ2) is 4.76. The van der Waals surface area contributed by atoms with Crippen LogP contribution < -0.4 is 0 Å². The number of ketones is 1. The van der Waals surface area contributed by atoms with Crippen LogP contribution in [0.2, 0.25) is 0 Å². The number of rotatable bonds is 1. The molecule has 2 rings (SSSR count). The zero-order valence-electron chi connectivity index (χ0n) is 10.8. The van der Waals surface area contributed by atoms with E-state index in [1.165, 1.54) is 0 Å². The van der Waals surface area contributed by atoms with E-state index in [9.17, 15) is 9.59 Å². The molecule has 0 amide bonds. The second-order valence-electron chi connectivity index (χ2n) is 5.23. The molecular formula is C14H16O3S. The summed E-state index contributed by atoms with van der Waals surface area (Å²) in [5.41, 5.74) is 0.570. The first-order chi connectivity index (χ1) is 8.37. The molecule has 18 heavy (non-hydrogen) atoms. The van der Waals surface area contributed by atoms with E-state index in [1.807, 2.05) is 26.8 Å². The Balaban J connectivity index is 2.28. The van der Waals surface area contributed by atoms with Crippen LogP contribution in [0, 0.1) is 0 Å². The minimum absolute atomic E-state index is 0.106. The number of hydrogen-bond donors (Lipinski definition) is 0. The Morgan fingerprint density at radius 3 is 2.72 bits per heavy atom. The summed E-state index contributed by atoms with van der Waals surface area (Å²) < 4.78 is 5.29. The van der Waals surface area contributed by atoms with E-state index in [1.54, 1.807) is 23.9 Å². The normalized spacial score (nSPS) is 15.2. The van der Waals surface area contributed by atoms with Gasteiger partial charge in [-0.25, -0.2) is 4.79 Å². The predicted molar refractivity (Wildman–Crippen MR) is 71.3 cm³/mol. The summed E-state index contributed by atoms with van der Waals surface area (Å²) >= 11 is 1.65. The largest absolute Gasteiger partial charge is 0.456 e. The minimum Gasteiger partial charge on any atom is -0.456 e. The molecule has 0 radical (unpaired) electrons. The maximum atomic E-state index is 11.9. The highest BCUT2D eigenvalue weighted by atomic mass is 32.2. The van der Waals surface area contributed by atoms with Crippen LogP contribution in [0.1, 0.15) is 47.9 Å². The molecule has 0 unspecified atom stereocenters. The Bertz CT molecular complexity index is 500. The van der Waals surface area contributed by atoms with Gasteiger partial charge in [0.05, 0.1) is 5.56 Å². The fourth-order valence-electron chi connectivity index (χ4n) is 1.73. The van der Waals surface area contributed by atoms with Gasteiger partial charge in [0.25, 0.3) is 0 Å². The van der Waals surface area contributed by atoms with Crippen LogP contribution in [0.15, 0.2) is 23.1 Å². The van der Waals surface area contributed by atoms with Crippen LogP contribution in [0.5, 0.6) is 0 Å². The highest BCUT2D eigenvalue weighted by molar-refractivity contribution is 7.99. The molecule has 4 heteroatoms. The van der Waals surface area contributed by atoms with E-state index < -0.39 is 5.60 Å². The van der Waals surface area contributed by atoms with Crippen molar-refractivity contribution in [2.75, 3.05) is 5.75 Å². The topological polar surface area (TPSA) is 43.4 Å². The van der Waals surface area contributed by atoms with E-state index in [-0.39, 0.29) is 11.8 Å². The zero-order chi connectivity index (χ0) is 13.3. The van der Waals surface area contributed by atoms with Gasteiger partial charge in [0.1, 0.15) is 5.60 Å². The van der Waals surface area contributed by atoms with Gasteiger partial charge in [0.2, 0.25) is 0 Å². The lowest BCUT2D eigenvalue weighted by molar-refractivity contribution is 0.00694. The number of thioether (sulfide) groups is 1. The highest BCUT2D eigenvalue weighted by Crippen LogP contribution is 2.30. The summed E-state index contributed by atoms with van der Waals surface area (Å²) in [6.07, 6.45) is 0.537. The van der Waals surface area contributed by atoms with Crippen molar-refractivity contribution in [3.05, 3.63) is 29.3 Å². The molecule has 1 aliphatic heterocycles. The fraction of sp³-hybridized carbons (Fsp3) is 0.429. The smallest absolute Gasteiger partial charge is 0.338 e. The van der Waals surface area contributed by atoms with Gasteiger partial charge in [0.15, 0.2) is 5.78 Å². The highest BCUT2D eigenvalue weighted by Gasteiger charge is 2.22.